The SMILES string of the molecule is O=C(O)C1Cc2ccccc2CN1CCCn1ccnc1. The molecule has 5 heteroatoms. The average molecular weight is 285 g/mol. The molecule has 1 unspecified atom stereocenters. The van der Waals surface area contributed by atoms with Crippen LogP contribution in [0, 0.1) is 0 Å². The molecule has 0 bridgehead atoms. The van der Waals surface area contributed by atoms with Gasteiger partial charge in [0.2, 0.25) is 0 Å². The highest BCUT2D eigenvalue weighted by Crippen LogP contribution is 2.23. The van der Waals surface area contributed by atoms with Crippen molar-refractivity contribution in [2.24, 2.45) is 0 Å². The molecule has 0 spiro atoms. The zero-order valence-corrected chi connectivity index (χ0v) is 11.9. The van der Waals surface area contributed by atoms with E-state index < -0.39 is 12.0 Å². The first-order chi connectivity index (χ1) is 10.2. The van der Waals surface area contributed by atoms with Crippen LogP contribution in [0.2, 0.25) is 0 Å². The van der Waals surface area contributed by atoms with Gasteiger partial charge >= 0.3 is 5.97 Å². The first-order valence-corrected chi connectivity index (χ1v) is 7.23. The van der Waals surface area contributed by atoms with E-state index >= 15 is 0 Å². The number of benzene rings is 1. The monoisotopic (exact) mass is 285 g/mol. The summed E-state index contributed by atoms with van der Waals surface area (Å²) in [5.41, 5.74) is 2.41. The number of nitrogens with zero attached hydrogens (tertiary/aromatic N) is 3. The summed E-state index contributed by atoms with van der Waals surface area (Å²) in [5, 5.41) is 9.46. The fraction of sp³-hybridized carbons (Fsp3) is 0.375. The Morgan fingerprint density at radius 3 is 2.81 bits per heavy atom. The van der Waals surface area contributed by atoms with Gasteiger partial charge in [-0.2, -0.15) is 0 Å². The molecule has 0 amide bonds. The normalized spacial score (nSPS) is 18.4. The van der Waals surface area contributed by atoms with E-state index in [1.807, 2.05) is 29.0 Å². The summed E-state index contributed by atoms with van der Waals surface area (Å²) in [6.45, 7) is 2.37. The lowest BCUT2D eigenvalue weighted by Crippen LogP contribution is -2.46. The molecule has 1 aromatic heterocycles. The van der Waals surface area contributed by atoms with Crippen LogP contribution in [0.4, 0.5) is 0 Å². The molecule has 21 heavy (non-hydrogen) atoms. The van der Waals surface area contributed by atoms with Crippen LogP contribution in [0.5, 0.6) is 0 Å². The van der Waals surface area contributed by atoms with Crippen LogP contribution >= 0.6 is 0 Å². The topological polar surface area (TPSA) is 58.4 Å². The standard InChI is InChI=1S/C16H19N3O2/c20-16(21)15-10-13-4-1-2-5-14(13)11-19(15)8-3-7-18-9-6-17-12-18/h1-2,4-6,9,12,15H,3,7-8,10-11H2,(H,20,21). The first-order valence-electron chi connectivity index (χ1n) is 7.23. The van der Waals surface area contributed by atoms with Crippen molar-refractivity contribution in [1.82, 2.24) is 14.5 Å². The van der Waals surface area contributed by atoms with Crippen molar-refractivity contribution in [3.63, 3.8) is 0 Å². The van der Waals surface area contributed by atoms with Crippen molar-refractivity contribution in [1.29, 1.82) is 0 Å². The molecule has 1 N–H and O–H groups in total. The molecule has 1 aliphatic rings. The molecule has 0 fully saturated rings. The Balaban J connectivity index is 1.66. The zero-order chi connectivity index (χ0) is 14.7. The Hall–Kier alpha value is -2.14. The van der Waals surface area contributed by atoms with Crippen LogP contribution in [0.1, 0.15) is 17.5 Å². The van der Waals surface area contributed by atoms with Crippen LogP contribution in [0.25, 0.3) is 0 Å². The van der Waals surface area contributed by atoms with E-state index in [0.29, 0.717) is 6.42 Å². The van der Waals surface area contributed by atoms with Gasteiger partial charge in [-0.3, -0.25) is 9.69 Å². The second kappa shape index (κ2) is 6.10. The lowest BCUT2D eigenvalue weighted by molar-refractivity contribution is -0.144. The van der Waals surface area contributed by atoms with Gasteiger partial charge in [-0.05, 0) is 24.0 Å². The van der Waals surface area contributed by atoms with E-state index in [4.69, 9.17) is 0 Å². The van der Waals surface area contributed by atoms with Crippen molar-refractivity contribution < 1.29 is 9.90 Å². The van der Waals surface area contributed by atoms with Gasteiger partial charge < -0.3 is 9.67 Å². The van der Waals surface area contributed by atoms with Crippen molar-refractivity contribution in [3.8, 4) is 0 Å². The van der Waals surface area contributed by atoms with Gasteiger partial charge in [0.1, 0.15) is 6.04 Å². The summed E-state index contributed by atoms with van der Waals surface area (Å²) in [5.74, 6) is -0.730. The van der Waals surface area contributed by atoms with Crippen molar-refractivity contribution >= 4 is 5.97 Å². The maximum atomic E-state index is 11.5. The maximum absolute atomic E-state index is 11.5. The molecular weight excluding hydrogens is 266 g/mol. The molecule has 0 radical (unpaired) electrons. The van der Waals surface area contributed by atoms with Crippen molar-refractivity contribution in [3.05, 3.63) is 54.1 Å². The zero-order valence-electron chi connectivity index (χ0n) is 11.9. The Labute approximate surface area is 123 Å². The first kappa shape index (κ1) is 13.8. The molecular formula is C16H19N3O2. The van der Waals surface area contributed by atoms with Gasteiger partial charge in [-0.15, -0.1) is 0 Å². The van der Waals surface area contributed by atoms with Crippen LogP contribution in [-0.2, 0) is 24.3 Å². The van der Waals surface area contributed by atoms with Crippen LogP contribution in [-0.4, -0.2) is 38.1 Å². The Bertz CT molecular complexity index is 610. The number of fused-ring (bicyclic) bond motifs is 1. The summed E-state index contributed by atoms with van der Waals surface area (Å²) >= 11 is 0. The van der Waals surface area contributed by atoms with Gasteiger partial charge in [0.25, 0.3) is 0 Å². The molecule has 0 aliphatic carbocycles. The smallest absolute Gasteiger partial charge is 0.321 e. The van der Waals surface area contributed by atoms with Gasteiger partial charge in [0.05, 0.1) is 6.33 Å². The maximum Gasteiger partial charge on any atom is 0.321 e. The largest absolute Gasteiger partial charge is 0.480 e. The molecule has 5 nitrogen and oxygen atoms in total. The fourth-order valence-corrected chi connectivity index (χ4v) is 2.93. The summed E-state index contributed by atoms with van der Waals surface area (Å²) in [6, 6.07) is 7.71. The van der Waals surface area contributed by atoms with E-state index in [1.54, 1.807) is 12.5 Å². The third kappa shape index (κ3) is 3.13. The van der Waals surface area contributed by atoms with E-state index in [1.165, 1.54) is 5.56 Å². The fourth-order valence-electron chi connectivity index (χ4n) is 2.93. The minimum Gasteiger partial charge on any atom is -0.480 e. The highest BCUT2D eigenvalue weighted by Gasteiger charge is 2.30. The quantitative estimate of drug-likeness (QED) is 0.910. The van der Waals surface area contributed by atoms with E-state index in [9.17, 15) is 9.90 Å². The third-order valence-corrected chi connectivity index (χ3v) is 4.05. The molecule has 2 heterocycles. The number of carbonyl (C=O) groups is 1. The number of hydrogen-bond acceptors (Lipinski definition) is 3. The van der Waals surface area contributed by atoms with Crippen LogP contribution in [0.3, 0.4) is 0 Å². The lowest BCUT2D eigenvalue weighted by atomic mass is 9.94. The Kier molecular flexibility index (Phi) is 4.01. The van der Waals surface area contributed by atoms with Gasteiger partial charge in [0, 0.05) is 32.0 Å². The van der Waals surface area contributed by atoms with Crippen LogP contribution in [0.15, 0.2) is 43.0 Å². The van der Waals surface area contributed by atoms with E-state index in [2.05, 4.69) is 16.0 Å². The molecule has 0 saturated carbocycles. The summed E-state index contributed by atoms with van der Waals surface area (Å²) in [4.78, 5) is 17.6. The number of rotatable bonds is 5. The second-order valence-electron chi connectivity index (χ2n) is 5.45. The molecule has 3 rings (SSSR count). The van der Waals surface area contributed by atoms with Crippen LogP contribution < -0.4 is 0 Å². The number of carboxylic acids is 1. The molecule has 2 aromatic rings. The summed E-state index contributed by atoms with van der Waals surface area (Å²) in [6.07, 6.45) is 7.00. The van der Waals surface area contributed by atoms with E-state index in [-0.39, 0.29) is 0 Å². The predicted octanol–water partition coefficient (Wildman–Crippen LogP) is 1.78. The molecule has 1 atom stereocenters. The summed E-state index contributed by atoms with van der Waals surface area (Å²) in [7, 11) is 0. The van der Waals surface area contributed by atoms with Crippen molar-refractivity contribution in [2.75, 3.05) is 6.54 Å². The Morgan fingerprint density at radius 1 is 1.29 bits per heavy atom. The van der Waals surface area contributed by atoms with Gasteiger partial charge in [-0.25, -0.2) is 4.98 Å². The molecule has 110 valence electrons. The second-order valence-corrected chi connectivity index (χ2v) is 5.45. The minimum absolute atomic E-state index is 0.414. The number of aryl methyl sites for hydroxylation is 1. The number of imidazole rings is 1. The predicted molar refractivity (Wildman–Crippen MR) is 78.8 cm³/mol. The minimum atomic E-state index is -0.730. The van der Waals surface area contributed by atoms with E-state index in [0.717, 1.165) is 31.6 Å². The van der Waals surface area contributed by atoms with Crippen molar-refractivity contribution in [2.45, 2.75) is 32.0 Å². The lowest BCUT2D eigenvalue weighted by Gasteiger charge is -2.34. The third-order valence-electron chi connectivity index (χ3n) is 4.05. The molecule has 0 saturated heterocycles. The number of hydrogen-bond donors (Lipinski definition) is 1. The number of carboxylic acid groups (broad SMARTS) is 1. The number of aliphatic carboxylic acids is 1. The number of aromatic nitrogens is 2. The van der Waals surface area contributed by atoms with Gasteiger partial charge in [0.15, 0.2) is 0 Å². The molecule has 1 aromatic carbocycles. The average Bonchev–Trinajstić information content (AvgIpc) is 2.99. The summed E-state index contributed by atoms with van der Waals surface area (Å²) < 4.78 is 2.02. The van der Waals surface area contributed by atoms with Gasteiger partial charge in [-0.1, -0.05) is 24.3 Å². The molecule has 1 aliphatic heterocycles. The highest BCUT2D eigenvalue weighted by atomic mass is 16.4. The Morgan fingerprint density at radius 2 is 2.10 bits per heavy atom. The highest BCUT2D eigenvalue weighted by molar-refractivity contribution is 5.74.